The summed E-state index contributed by atoms with van der Waals surface area (Å²) in [5.74, 6) is 1.49. The molecule has 118 valence electrons. The minimum atomic E-state index is 0.645. The molecule has 0 nitrogen and oxygen atoms in total. The summed E-state index contributed by atoms with van der Waals surface area (Å²) in [6.07, 6.45) is 5.28. The molecule has 0 radical (unpaired) electrons. The molecule has 0 aliphatic rings. The van der Waals surface area contributed by atoms with Gasteiger partial charge in [0.2, 0.25) is 0 Å². The molecule has 0 bridgehead atoms. The maximum Gasteiger partial charge on any atom is 0.0348 e. The maximum absolute atomic E-state index is 2.40. The van der Waals surface area contributed by atoms with Gasteiger partial charge in [0.05, 0.1) is 0 Å². The highest BCUT2D eigenvalue weighted by Crippen LogP contribution is 2.31. The largest absolute Gasteiger partial charge is 0.140 e. The van der Waals surface area contributed by atoms with Crippen molar-refractivity contribution in [2.24, 2.45) is 5.92 Å². The quantitative estimate of drug-likeness (QED) is 0.487. The van der Waals surface area contributed by atoms with Crippen molar-refractivity contribution in [1.82, 2.24) is 0 Å². The fourth-order valence-corrected chi connectivity index (χ4v) is 3.55. The third-order valence-electron chi connectivity index (χ3n) is 3.67. The molecule has 1 aromatic carbocycles. The third kappa shape index (κ3) is 5.82. The lowest BCUT2D eigenvalue weighted by Gasteiger charge is -2.04. The first-order chi connectivity index (χ1) is 10.1. The Morgan fingerprint density at radius 1 is 0.952 bits per heavy atom. The molecule has 0 saturated heterocycles. The molecule has 0 amide bonds. The first-order valence-electron chi connectivity index (χ1n) is 8.58. The SMILES string of the molecule is CC.CC(C)CCCCc1ccc2cc(C(C)C)sc2c1. The van der Waals surface area contributed by atoms with Crippen LogP contribution < -0.4 is 0 Å². The molecule has 21 heavy (non-hydrogen) atoms. The topological polar surface area (TPSA) is 0 Å². The Kier molecular flexibility index (Phi) is 8.03. The van der Waals surface area contributed by atoms with E-state index in [9.17, 15) is 0 Å². The zero-order valence-corrected chi connectivity index (χ0v) is 15.5. The van der Waals surface area contributed by atoms with Crippen LogP contribution in [0.1, 0.15) is 77.2 Å². The summed E-state index contributed by atoms with van der Waals surface area (Å²) in [5, 5.41) is 1.42. The van der Waals surface area contributed by atoms with Crippen molar-refractivity contribution in [2.45, 2.75) is 73.1 Å². The summed E-state index contributed by atoms with van der Waals surface area (Å²) in [4.78, 5) is 1.51. The van der Waals surface area contributed by atoms with Crippen LogP contribution in [0.5, 0.6) is 0 Å². The smallest absolute Gasteiger partial charge is 0.0348 e. The van der Waals surface area contributed by atoms with Gasteiger partial charge in [-0.3, -0.25) is 0 Å². The summed E-state index contributed by atoms with van der Waals surface area (Å²) >= 11 is 1.96. The van der Waals surface area contributed by atoms with Crippen molar-refractivity contribution in [1.29, 1.82) is 0 Å². The van der Waals surface area contributed by atoms with Crippen LogP contribution in [0.2, 0.25) is 0 Å². The number of benzene rings is 1. The van der Waals surface area contributed by atoms with E-state index in [0.717, 1.165) is 5.92 Å². The van der Waals surface area contributed by atoms with Gasteiger partial charge in [-0.15, -0.1) is 11.3 Å². The molecule has 0 spiro atoms. The molecule has 2 aromatic rings. The van der Waals surface area contributed by atoms with Crippen molar-refractivity contribution < 1.29 is 0 Å². The van der Waals surface area contributed by atoms with E-state index in [1.54, 1.807) is 0 Å². The molecular weight excluding hydrogens is 272 g/mol. The highest BCUT2D eigenvalue weighted by Gasteiger charge is 2.06. The maximum atomic E-state index is 2.40. The summed E-state index contributed by atoms with van der Waals surface area (Å²) in [6.45, 7) is 13.2. The molecule has 0 aliphatic heterocycles. The Balaban J connectivity index is 0.00000106. The lowest BCUT2D eigenvalue weighted by Crippen LogP contribution is -1.89. The first-order valence-corrected chi connectivity index (χ1v) is 9.40. The summed E-state index contributed by atoms with van der Waals surface area (Å²) in [5.41, 5.74) is 1.51. The fourth-order valence-electron chi connectivity index (χ4n) is 2.42. The highest BCUT2D eigenvalue weighted by molar-refractivity contribution is 7.19. The van der Waals surface area contributed by atoms with Gasteiger partial charge in [-0.1, -0.05) is 66.5 Å². The number of aryl methyl sites for hydroxylation is 1. The average Bonchev–Trinajstić information content (AvgIpc) is 2.89. The van der Waals surface area contributed by atoms with Gasteiger partial charge in [0.25, 0.3) is 0 Å². The number of hydrogen-bond donors (Lipinski definition) is 0. The minimum absolute atomic E-state index is 0.645. The molecule has 0 unspecified atom stereocenters. The summed E-state index contributed by atoms with van der Waals surface area (Å²) in [6, 6.07) is 9.37. The first kappa shape index (κ1) is 18.2. The predicted molar refractivity (Wildman–Crippen MR) is 99.7 cm³/mol. The monoisotopic (exact) mass is 304 g/mol. The number of unbranched alkanes of at least 4 members (excludes halogenated alkanes) is 1. The van der Waals surface area contributed by atoms with Gasteiger partial charge >= 0.3 is 0 Å². The molecule has 0 N–H and O–H groups in total. The second-order valence-electron chi connectivity index (χ2n) is 6.32. The van der Waals surface area contributed by atoms with E-state index in [1.165, 1.54) is 46.2 Å². The lowest BCUT2D eigenvalue weighted by atomic mass is 10.0. The Morgan fingerprint density at radius 3 is 2.29 bits per heavy atom. The van der Waals surface area contributed by atoms with E-state index in [4.69, 9.17) is 0 Å². The van der Waals surface area contributed by atoms with Crippen molar-refractivity contribution in [3.8, 4) is 0 Å². The minimum Gasteiger partial charge on any atom is -0.140 e. The van der Waals surface area contributed by atoms with E-state index in [-0.39, 0.29) is 0 Å². The summed E-state index contributed by atoms with van der Waals surface area (Å²) < 4.78 is 1.46. The molecule has 2 rings (SSSR count). The van der Waals surface area contributed by atoms with Crippen molar-refractivity contribution in [2.75, 3.05) is 0 Å². The van der Waals surface area contributed by atoms with Crippen LogP contribution in [0.3, 0.4) is 0 Å². The Bertz CT molecular complexity index is 520. The van der Waals surface area contributed by atoms with Crippen molar-refractivity contribution >= 4 is 21.4 Å². The van der Waals surface area contributed by atoms with Gasteiger partial charge < -0.3 is 0 Å². The van der Waals surface area contributed by atoms with Gasteiger partial charge in [0, 0.05) is 9.58 Å². The average molecular weight is 305 g/mol. The van der Waals surface area contributed by atoms with E-state index >= 15 is 0 Å². The van der Waals surface area contributed by atoms with Crippen LogP contribution in [-0.4, -0.2) is 0 Å². The molecular formula is C20H32S. The van der Waals surface area contributed by atoms with Crippen molar-refractivity contribution in [3.63, 3.8) is 0 Å². The third-order valence-corrected chi connectivity index (χ3v) is 5.07. The molecule has 0 fully saturated rings. The van der Waals surface area contributed by atoms with Crippen LogP contribution in [0.4, 0.5) is 0 Å². The fraction of sp³-hybridized carbons (Fsp3) is 0.600. The zero-order valence-electron chi connectivity index (χ0n) is 14.7. The summed E-state index contributed by atoms with van der Waals surface area (Å²) in [7, 11) is 0. The molecule has 1 heteroatoms. The van der Waals surface area contributed by atoms with Crippen LogP contribution in [0.25, 0.3) is 10.1 Å². The number of rotatable bonds is 6. The zero-order chi connectivity index (χ0) is 15.8. The van der Waals surface area contributed by atoms with E-state index in [1.807, 2.05) is 25.2 Å². The van der Waals surface area contributed by atoms with Gasteiger partial charge in [-0.05, 0) is 47.8 Å². The van der Waals surface area contributed by atoms with Gasteiger partial charge in [-0.25, -0.2) is 0 Å². The van der Waals surface area contributed by atoms with Gasteiger partial charge in [-0.2, -0.15) is 0 Å². The van der Waals surface area contributed by atoms with E-state index in [0.29, 0.717) is 5.92 Å². The molecule has 0 atom stereocenters. The molecule has 0 aliphatic carbocycles. The molecule has 0 saturated carbocycles. The Morgan fingerprint density at radius 2 is 1.67 bits per heavy atom. The van der Waals surface area contributed by atoms with Crippen LogP contribution in [0, 0.1) is 5.92 Å². The normalized spacial score (nSPS) is 11.0. The highest BCUT2D eigenvalue weighted by atomic mass is 32.1. The number of hydrogen-bond acceptors (Lipinski definition) is 1. The van der Waals surface area contributed by atoms with Crippen LogP contribution >= 0.6 is 11.3 Å². The second kappa shape index (κ2) is 9.25. The standard InChI is InChI=1S/C18H26S.C2H6/c1-13(2)7-5-6-8-15-9-10-16-12-17(14(3)4)19-18(16)11-15;1-2/h9-14H,5-8H2,1-4H3;1-2H3. The Labute approximate surface area is 135 Å². The van der Waals surface area contributed by atoms with Crippen molar-refractivity contribution in [3.05, 3.63) is 34.7 Å². The van der Waals surface area contributed by atoms with E-state index < -0.39 is 0 Å². The molecule has 1 heterocycles. The Hall–Kier alpha value is -0.820. The van der Waals surface area contributed by atoms with Gasteiger partial charge in [0.1, 0.15) is 0 Å². The number of fused-ring (bicyclic) bond motifs is 1. The lowest BCUT2D eigenvalue weighted by molar-refractivity contribution is 0.538. The second-order valence-corrected chi connectivity index (χ2v) is 7.43. The van der Waals surface area contributed by atoms with Gasteiger partial charge in [0.15, 0.2) is 0 Å². The van der Waals surface area contributed by atoms with E-state index in [2.05, 4.69) is 52.0 Å². The molecule has 1 aromatic heterocycles. The van der Waals surface area contributed by atoms with Crippen LogP contribution in [0.15, 0.2) is 24.3 Å². The predicted octanol–water partition coefficient (Wildman–Crippen LogP) is 7.42. The number of thiophene rings is 1. The van der Waals surface area contributed by atoms with Crippen LogP contribution in [-0.2, 0) is 6.42 Å².